The largest absolute Gasteiger partial charge is 0.394 e. The van der Waals surface area contributed by atoms with Gasteiger partial charge in [-0.1, -0.05) is 0 Å². The molecule has 0 amide bonds. The summed E-state index contributed by atoms with van der Waals surface area (Å²) in [5, 5.41) is 27.7. The van der Waals surface area contributed by atoms with Crippen LogP contribution >= 0.6 is 0 Å². The minimum absolute atomic E-state index is 0.376. The topological polar surface area (TPSA) is 60.7 Å². The first-order valence-electron chi connectivity index (χ1n) is 4.71. The van der Waals surface area contributed by atoms with Gasteiger partial charge in [-0.25, -0.2) is 4.39 Å². The van der Waals surface area contributed by atoms with E-state index in [2.05, 4.69) is 0 Å². The van der Waals surface area contributed by atoms with Crippen molar-refractivity contribution >= 4 is 0 Å². The van der Waals surface area contributed by atoms with Crippen molar-refractivity contribution in [1.82, 2.24) is 0 Å². The Morgan fingerprint density at radius 3 is 2.07 bits per heavy atom. The maximum atomic E-state index is 13.0. The molecule has 4 heteroatoms. The minimum Gasteiger partial charge on any atom is -0.394 e. The third-order valence-corrected chi connectivity index (χ3v) is 2.41. The van der Waals surface area contributed by atoms with Gasteiger partial charge in [-0.2, -0.15) is 0 Å². The monoisotopic (exact) mass is 214 g/mol. The Morgan fingerprint density at radius 1 is 1.20 bits per heavy atom. The Balaban J connectivity index is 3.13. The molecule has 0 saturated carbocycles. The van der Waals surface area contributed by atoms with Gasteiger partial charge in [0.15, 0.2) is 0 Å². The maximum Gasteiger partial charge on any atom is 0.123 e. The second-order valence-electron chi connectivity index (χ2n) is 3.65. The summed E-state index contributed by atoms with van der Waals surface area (Å²) in [5.74, 6) is -0.376. The number of benzene rings is 1. The Bertz CT molecular complexity index is 329. The molecule has 0 fully saturated rings. The van der Waals surface area contributed by atoms with Gasteiger partial charge in [0.25, 0.3) is 0 Å². The van der Waals surface area contributed by atoms with E-state index < -0.39 is 18.8 Å². The second kappa shape index (κ2) is 4.70. The highest BCUT2D eigenvalue weighted by atomic mass is 19.1. The lowest BCUT2D eigenvalue weighted by Crippen LogP contribution is -2.23. The summed E-state index contributed by atoms with van der Waals surface area (Å²) in [6.45, 7) is 2.77. The predicted molar refractivity (Wildman–Crippen MR) is 53.9 cm³/mol. The molecule has 0 heterocycles. The molecule has 1 aromatic rings. The number of hydrogen-bond donors (Lipinski definition) is 3. The SMILES string of the molecule is Cc1cc(F)cc(C)c1C(O)C(O)CO. The smallest absolute Gasteiger partial charge is 0.123 e. The molecular weight excluding hydrogens is 199 g/mol. The average Bonchev–Trinajstić information content (AvgIpc) is 2.14. The van der Waals surface area contributed by atoms with E-state index in [1.165, 1.54) is 12.1 Å². The summed E-state index contributed by atoms with van der Waals surface area (Å²) in [5.41, 5.74) is 1.60. The fourth-order valence-corrected chi connectivity index (χ4v) is 1.68. The number of halogens is 1. The summed E-state index contributed by atoms with van der Waals surface area (Å²) in [6, 6.07) is 2.57. The van der Waals surface area contributed by atoms with Crippen molar-refractivity contribution in [1.29, 1.82) is 0 Å². The van der Waals surface area contributed by atoms with Crippen molar-refractivity contribution in [2.24, 2.45) is 0 Å². The van der Waals surface area contributed by atoms with E-state index in [-0.39, 0.29) is 5.82 Å². The van der Waals surface area contributed by atoms with E-state index in [9.17, 15) is 14.6 Å². The van der Waals surface area contributed by atoms with Crippen molar-refractivity contribution in [2.45, 2.75) is 26.1 Å². The van der Waals surface area contributed by atoms with Crippen LogP contribution in [0.25, 0.3) is 0 Å². The summed E-state index contributed by atoms with van der Waals surface area (Å²) >= 11 is 0. The lowest BCUT2D eigenvalue weighted by Gasteiger charge is -2.20. The normalized spacial score (nSPS) is 15.1. The van der Waals surface area contributed by atoms with Gasteiger partial charge in [0.05, 0.1) is 6.61 Å². The van der Waals surface area contributed by atoms with Crippen LogP contribution in [0.15, 0.2) is 12.1 Å². The summed E-state index contributed by atoms with van der Waals surface area (Å²) < 4.78 is 13.0. The highest BCUT2D eigenvalue weighted by Gasteiger charge is 2.21. The van der Waals surface area contributed by atoms with E-state index in [1.807, 2.05) is 0 Å². The Kier molecular flexibility index (Phi) is 3.79. The molecule has 1 aromatic carbocycles. The first-order valence-corrected chi connectivity index (χ1v) is 4.71. The quantitative estimate of drug-likeness (QED) is 0.698. The second-order valence-corrected chi connectivity index (χ2v) is 3.65. The third-order valence-electron chi connectivity index (χ3n) is 2.41. The molecule has 0 bridgehead atoms. The van der Waals surface area contributed by atoms with Crippen molar-refractivity contribution in [3.8, 4) is 0 Å². The highest BCUT2D eigenvalue weighted by molar-refractivity contribution is 5.36. The van der Waals surface area contributed by atoms with Gasteiger partial charge < -0.3 is 15.3 Å². The van der Waals surface area contributed by atoms with Gasteiger partial charge in [0.2, 0.25) is 0 Å². The molecule has 0 saturated heterocycles. The average molecular weight is 214 g/mol. The number of aryl methyl sites for hydroxylation is 2. The number of aliphatic hydroxyl groups is 3. The van der Waals surface area contributed by atoms with E-state index in [0.717, 1.165) is 0 Å². The van der Waals surface area contributed by atoms with Crippen LogP contribution in [0.2, 0.25) is 0 Å². The first-order chi connectivity index (χ1) is 6.97. The van der Waals surface area contributed by atoms with Gasteiger partial charge in [0.1, 0.15) is 18.0 Å². The van der Waals surface area contributed by atoms with Crippen LogP contribution in [-0.2, 0) is 0 Å². The molecule has 0 aliphatic rings. The van der Waals surface area contributed by atoms with E-state index >= 15 is 0 Å². The molecule has 0 aliphatic carbocycles. The number of aliphatic hydroxyl groups excluding tert-OH is 3. The van der Waals surface area contributed by atoms with Gasteiger partial charge in [-0.15, -0.1) is 0 Å². The van der Waals surface area contributed by atoms with Crippen LogP contribution in [0.4, 0.5) is 4.39 Å². The molecule has 2 unspecified atom stereocenters. The molecule has 0 spiro atoms. The van der Waals surface area contributed by atoms with Crippen molar-refractivity contribution in [3.05, 3.63) is 34.6 Å². The van der Waals surface area contributed by atoms with E-state index in [4.69, 9.17) is 5.11 Å². The third kappa shape index (κ3) is 2.53. The predicted octanol–water partition coefficient (Wildman–Crippen LogP) is 0.829. The maximum absolute atomic E-state index is 13.0. The molecular formula is C11H15FO3. The summed E-state index contributed by atoms with van der Waals surface area (Å²) in [6.07, 6.45) is -2.43. The fraction of sp³-hybridized carbons (Fsp3) is 0.455. The van der Waals surface area contributed by atoms with Crippen molar-refractivity contribution in [2.75, 3.05) is 6.61 Å². The van der Waals surface area contributed by atoms with Gasteiger partial charge in [-0.3, -0.25) is 0 Å². The first kappa shape index (κ1) is 12.1. The molecule has 1 rings (SSSR count). The van der Waals surface area contributed by atoms with Crippen LogP contribution in [0.1, 0.15) is 22.8 Å². The standard InChI is InChI=1S/C11H15FO3/c1-6-3-8(12)4-7(2)10(6)11(15)9(14)5-13/h3-4,9,11,13-15H,5H2,1-2H3. The van der Waals surface area contributed by atoms with Crippen LogP contribution in [0, 0.1) is 19.7 Å². The summed E-state index contributed by atoms with van der Waals surface area (Å²) in [7, 11) is 0. The van der Waals surface area contributed by atoms with Gasteiger partial charge >= 0.3 is 0 Å². The minimum atomic E-state index is -1.24. The Labute approximate surface area is 87.8 Å². The lowest BCUT2D eigenvalue weighted by atomic mass is 9.95. The Morgan fingerprint density at radius 2 is 1.67 bits per heavy atom. The van der Waals surface area contributed by atoms with Crippen LogP contribution < -0.4 is 0 Å². The van der Waals surface area contributed by atoms with Crippen LogP contribution in [0.3, 0.4) is 0 Å². The van der Waals surface area contributed by atoms with Crippen LogP contribution in [0.5, 0.6) is 0 Å². The molecule has 0 aliphatic heterocycles. The molecule has 0 radical (unpaired) electrons. The molecule has 2 atom stereocenters. The fourth-order valence-electron chi connectivity index (χ4n) is 1.68. The summed E-state index contributed by atoms with van der Waals surface area (Å²) in [4.78, 5) is 0. The highest BCUT2D eigenvalue weighted by Crippen LogP contribution is 2.25. The zero-order chi connectivity index (χ0) is 11.6. The van der Waals surface area contributed by atoms with Crippen molar-refractivity contribution in [3.63, 3.8) is 0 Å². The van der Waals surface area contributed by atoms with Crippen LogP contribution in [-0.4, -0.2) is 28.0 Å². The molecule has 3 N–H and O–H groups in total. The van der Waals surface area contributed by atoms with Gasteiger partial charge in [-0.05, 0) is 42.7 Å². The van der Waals surface area contributed by atoms with Gasteiger partial charge in [0, 0.05) is 0 Å². The Hall–Kier alpha value is -0.970. The van der Waals surface area contributed by atoms with E-state index in [1.54, 1.807) is 13.8 Å². The molecule has 3 nitrogen and oxygen atoms in total. The number of rotatable bonds is 3. The number of hydrogen-bond acceptors (Lipinski definition) is 3. The lowest BCUT2D eigenvalue weighted by molar-refractivity contribution is -0.0158. The molecule has 84 valence electrons. The zero-order valence-corrected chi connectivity index (χ0v) is 8.74. The molecule has 0 aromatic heterocycles. The molecule has 15 heavy (non-hydrogen) atoms. The van der Waals surface area contributed by atoms with E-state index in [0.29, 0.717) is 16.7 Å². The van der Waals surface area contributed by atoms with Crippen molar-refractivity contribution < 1.29 is 19.7 Å². The zero-order valence-electron chi connectivity index (χ0n) is 8.74.